The van der Waals surface area contributed by atoms with Gasteiger partial charge in [0, 0.05) is 19.6 Å². The first-order chi connectivity index (χ1) is 16.9. The molecule has 0 amide bonds. The van der Waals surface area contributed by atoms with Crippen molar-refractivity contribution >= 4 is 17.5 Å². The van der Waals surface area contributed by atoms with E-state index in [0.29, 0.717) is 0 Å². The molecule has 2 atom stereocenters. The first kappa shape index (κ1) is 29.5. The minimum Gasteiger partial charge on any atom is -0.469 e. The number of rotatable bonds is 11. The number of anilines is 2. The van der Waals surface area contributed by atoms with Gasteiger partial charge in [-0.25, -0.2) is 4.98 Å². The maximum Gasteiger partial charge on any atom is 0.311 e. The smallest absolute Gasteiger partial charge is 0.311 e. The zero-order valence-electron chi connectivity index (χ0n) is 23.6. The van der Waals surface area contributed by atoms with Crippen LogP contribution in [0.3, 0.4) is 0 Å². The number of carbonyl (C=O) groups is 1. The molecule has 35 heavy (non-hydrogen) atoms. The van der Waals surface area contributed by atoms with Crippen LogP contribution in [0.15, 0.2) is 12.1 Å². The van der Waals surface area contributed by atoms with Crippen LogP contribution in [0.2, 0.25) is 0 Å². The molecule has 1 N–H and O–H groups in total. The summed E-state index contributed by atoms with van der Waals surface area (Å²) in [4.78, 5) is 19.7. The van der Waals surface area contributed by atoms with Crippen LogP contribution in [0.5, 0.6) is 0 Å². The first-order valence-electron chi connectivity index (χ1n) is 14.5. The molecule has 2 unspecified atom stereocenters. The summed E-state index contributed by atoms with van der Waals surface area (Å²) >= 11 is 0. The second-order valence-electron chi connectivity index (χ2n) is 10.9. The normalized spacial score (nSPS) is 20.1. The van der Waals surface area contributed by atoms with Gasteiger partial charge in [0.15, 0.2) is 0 Å². The fraction of sp³-hybridized carbons (Fsp3) is 0.800. The zero-order valence-corrected chi connectivity index (χ0v) is 23.6. The Morgan fingerprint density at radius 1 is 1.17 bits per heavy atom. The molecular weight excluding hydrogens is 434 g/mol. The van der Waals surface area contributed by atoms with Crippen molar-refractivity contribution in [3.05, 3.63) is 17.8 Å². The number of nitrogens with one attached hydrogen (secondary N) is 1. The van der Waals surface area contributed by atoms with Crippen molar-refractivity contribution in [3.63, 3.8) is 0 Å². The molecule has 200 valence electrons. The summed E-state index contributed by atoms with van der Waals surface area (Å²) in [5.74, 6) is 2.63. The van der Waals surface area contributed by atoms with Gasteiger partial charge in [-0.15, -0.1) is 0 Å². The molecule has 5 heteroatoms. The van der Waals surface area contributed by atoms with Crippen molar-refractivity contribution in [2.75, 3.05) is 37.0 Å². The van der Waals surface area contributed by atoms with Gasteiger partial charge in [0.25, 0.3) is 0 Å². The first-order valence-corrected chi connectivity index (χ1v) is 14.5. The number of esters is 1. The minimum absolute atomic E-state index is 0.0332. The molecule has 0 aromatic carbocycles. The largest absolute Gasteiger partial charge is 0.469 e. The predicted octanol–water partition coefficient (Wildman–Crippen LogP) is 7.77. The van der Waals surface area contributed by atoms with Crippen LogP contribution in [0.1, 0.15) is 110 Å². The molecule has 1 aliphatic carbocycles. The Balaban J connectivity index is 0.000000641. The molecule has 2 aliphatic rings. The van der Waals surface area contributed by atoms with E-state index in [2.05, 4.69) is 57.0 Å². The van der Waals surface area contributed by atoms with E-state index < -0.39 is 0 Å². The Kier molecular flexibility index (Phi) is 12.9. The summed E-state index contributed by atoms with van der Waals surface area (Å²) in [6.45, 7) is 14.2. The lowest BCUT2D eigenvalue weighted by Gasteiger charge is -2.34. The van der Waals surface area contributed by atoms with Crippen molar-refractivity contribution in [1.82, 2.24) is 4.98 Å². The number of nitrogens with zero attached hydrogens (tertiary/aromatic N) is 2. The van der Waals surface area contributed by atoms with E-state index in [4.69, 9.17) is 9.72 Å². The van der Waals surface area contributed by atoms with Gasteiger partial charge in [-0.1, -0.05) is 79.1 Å². The van der Waals surface area contributed by atoms with Crippen LogP contribution in [0, 0.1) is 24.2 Å². The molecule has 0 spiro atoms. The van der Waals surface area contributed by atoms with E-state index in [1.807, 2.05) is 0 Å². The lowest BCUT2D eigenvalue weighted by Crippen LogP contribution is -2.36. The van der Waals surface area contributed by atoms with Gasteiger partial charge in [0.05, 0.1) is 23.9 Å². The van der Waals surface area contributed by atoms with Crippen LogP contribution >= 0.6 is 0 Å². The van der Waals surface area contributed by atoms with Crippen LogP contribution in [0.4, 0.5) is 11.5 Å². The molecule has 2 fully saturated rings. The molecule has 1 aromatic heterocycles. The third kappa shape index (κ3) is 8.68. The van der Waals surface area contributed by atoms with Crippen molar-refractivity contribution in [2.24, 2.45) is 17.3 Å². The molecule has 0 bridgehead atoms. The maximum atomic E-state index is 12.4. The molecule has 5 nitrogen and oxygen atoms in total. The van der Waals surface area contributed by atoms with Gasteiger partial charge in [-0.3, -0.25) is 4.79 Å². The molecule has 1 saturated carbocycles. The van der Waals surface area contributed by atoms with Crippen molar-refractivity contribution in [2.45, 2.75) is 112 Å². The summed E-state index contributed by atoms with van der Waals surface area (Å²) in [6, 6.07) is 4.30. The summed E-state index contributed by atoms with van der Waals surface area (Å²) < 4.78 is 5.14. The Labute approximate surface area is 215 Å². The van der Waals surface area contributed by atoms with Crippen LogP contribution in [-0.4, -0.2) is 37.7 Å². The second-order valence-corrected chi connectivity index (χ2v) is 10.9. The van der Waals surface area contributed by atoms with E-state index >= 15 is 0 Å². The number of aryl methyl sites for hydroxylation is 1. The Hall–Kier alpha value is -1.78. The van der Waals surface area contributed by atoms with Crippen molar-refractivity contribution in [1.29, 1.82) is 0 Å². The summed E-state index contributed by atoms with van der Waals surface area (Å²) in [5, 5.41) is 3.53. The summed E-state index contributed by atoms with van der Waals surface area (Å²) in [7, 11) is 1.52. The number of aromatic nitrogens is 1. The number of methoxy groups -OCH3 is 1. The second kappa shape index (κ2) is 15.4. The van der Waals surface area contributed by atoms with Crippen molar-refractivity contribution < 1.29 is 9.53 Å². The van der Waals surface area contributed by atoms with E-state index in [-0.39, 0.29) is 11.4 Å². The molecule has 0 radical (unpaired) electrons. The van der Waals surface area contributed by atoms with E-state index in [1.165, 1.54) is 52.1 Å². The molecular formula is C30H53N3O2. The Morgan fingerprint density at radius 2 is 1.86 bits per heavy atom. The monoisotopic (exact) mass is 487 g/mol. The number of unbranched alkanes of at least 4 members (excludes halogenated alkanes) is 3. The topological polar surface area (TPSA) is 54.5 Å². The van der Waals surface area contributed by atoms with E-state index in [9.17, 15) is 4.79 Å². The highest BCUT2D eigenvalue weighted by molar-refractivity contribution is 5.77. The SMILES string of the molecule is CCC(C)C1CCN(c2ccc(NCCC3(C(=O)OC)CCCCC3)c(C)n2)C1.CCCCCC. The fourth-order valence-corrected chi connectivity index (χ4v) is 5.64. The van der Waals surface area contributed by atoms with Crippen LogP contribution in [0.25, 0.3) is 0 Å². The highest BCUT2D eigenvalue weighted by Gasteiger charge is 2.40. The highest BCUT2D eigenvalue weighted by Crippen LogP contribution is 2.40. The maximum absolute atomic E-state index is 12.4. The predicted molar refractivity (Wildman–Crippen MR) is 149 cm³/mol. The van der Waals surface area contributed by atoms with Crippen LogP contribution < -0.4 is 10.2 Å². The summed E-state index contributed by atoms with van der Waals surface area (Å²) in [6.07, 6.45) is 14.2. The van der Waals surface area contributed by atoms with Gasteiger partial charge >= 0.3 is 5.97 Å². The van der Waals surface area contributed by atoms with Gasteiger partial charge in [0.2, 0.25) is 0 Å². The molecule has 1 aliphatic heterocycles. The van der Waals surface area contributed by atoms with Gasteiger partial charge in [0.1, 0.15) is 5.82 Å². The van der Waals surface area contributed by atoms with Gasteiger partial charge in [-0.05, 0) is 56.6 Å². The number of ether oxygens (including phenoxy) is 1. The number of hydrogen-bond acceptors (Lipinski definition) is 5. The molecule has 1 saturated heterocycles. The number of pyridine rings is 1. The average Bonchev–Trinajstić information content (AvgIpc) is 3.39. The lowest BCUT2D eigenvalue weighted by atomic mass is 9.72. The van der Waals surface area contributed by atoms with E-state index in [0.717, 1.165) is 80.8 Å². The quantitative estimate of drug-likeness (QED) is 0.255. The van der Waals surface area contributed by atoms with Gasteiger partial charge < -0.3 is 15.0 Å². The Morgan fingerprint density at radius 3 is 2.43 bits per heavy atom. The third-order valence-corrected chi connectivity index (χ3v) is 8.37. The van der Waals surface area contributed by atoms with Crippen LogP contribution in [-0.2, 0) is 9.53 Å². The molecule has 2 heterocycles. The average molecular weight is 488 g/mol. The number of hydrogen-bond donors (Lipinski definition) is 1. The minimum atomic E-state index is -0.304. The lowest BCUT2D eigenvalue weighted by molar-refractivity contribution is -0.155. The summed E-state index contributed by atoms with van der Waals surface area (Å²) in [5.41, 5.74) is 1.80. The van der Waals surface area contributed by atoms with Crippen molar-refractivity contribution in [3.8, 4) is 0 Å². The van der Waals surface area contributed by atoms with E-state index in [1.54, 1.807) is 0 Å². The molecule has 3 rings (SSSR count). The highest BCUT2D eigenvalue weighted by atomic mass is 16.5. The van der Waals surface area contributed by atoms with Gasteiger partial charge in [-0.2, -0.15) is 0 Å². The number of carbonyl (C=O) groups excluding carboxylic acids is 1. The standard InChI is InChI=1S/C24H39N3O2.C6H14/c1-5-18(2)20-11-16-27(17-20)22-10-9-21(19(3)26-22)25-15-14-24(23(28)29-4)12-7-6-8-13-24;1-3-5-6-4-2/h9-10,18,20,25H,5-8,11-17H2,1-4H3;3-6H2,1-2H3. The zero-order chi connectivity index (χ0) is 25.7. The third-order valence-electron chi connectivity index (χ3n) is 8.37. The fourth-order valence-electron chi connectivity index (χ4n) is 5.64. The Bertz CT molecular complexity index is 741. The molecule has 1 aromatic rings.